The van der Waals surface area contributed by atoms with Gasteiger partial charge in [0.1, 0.15) is 5.54 Å². The number of urea groups is 1. The number of rotatable bonds is 3. The Bertz CT molecular complexity index is 1220. The van der Waals surface area contributed by atoms with Crippen molar-refractivity contribution in [3.05, 3.63) is 35.7 Å². The van der Waals surface area contributed by atoms with E-state index in [0.29, 0.717) is 31.5 Å². The second kappa shape index (κ2) is 8.48. The standard InChI is InChI=1S/C21H21F6N7O2/c1-10-5-13-8-19(7-10,17(29)36-11(2)28)33(13)18(35)31-12-3-4-14(20(22,23)24)15(6-12)34-30-9-16(32-34)21(25,26)27/h3-4,6,9-10,13,28-29H,5,7-8H2,1-2H3,(H,31,35)/t10-,13+,19-/m0/s1. The lowest BCUT2D eigenvalue weighted by Crippen LogP contribution is -2.75. The number of halogens is 6. The molecule has 194 valence electrons. The van der Waals surface area contributed by atoms with Crippen molar-refractivity contribution in [1.82, 2.24) is 19.9 Å². The highest BCUT2D eigenvalue weighted by Crippen LogP contribution is 2.51. The van der Waals surface area contributed by atoms with Gasteiger partial charge in [0.25, 0.3) is 0 Å². The number of likely N-dealkylation sites (tertiary alicyclic amines) is 1. The predicted octanol–water partition coefficient (Wildman–Crippen LogP) is 5.07. The molecule has 2 heterocycles. The molecule has 2 fully saturated rings. The third-order valence-corrected chi connectivity index (χ3v) is 6.21. The smallest absolute Gasteiger partial charge is 0.428 e. The largest absolute Gasteiger partial charge is 0.436 e. The molecular weight excluding hydrogens is 496 g/mol. The number of hydrogen-bond acceptors (Lipinski definition) is 6. The zero-order valence-electron chi connectivity index (χ0n) is 19.0. The molecule has 1 saturated heterocycles. The molecule has 2 aliphatic rings. The van der Waals surface area contributed by atoms with Crippen LogP contribution in [-0.2, 0) is 17.1 Å². The van der Waals surface area contributed by atoms with E-state index in [4.69, 9.17) is 15.6 Å². The number of benzene rings is 1. The normalized spacial score (nSPS) is 23.6. The highest BCUT2D eigenvalue weighted by Gasteiger charge is 2.62. The molecule has 3 N–H and O–H groups in total. The van der Waals surface area contributed by atoms with Gasteiger partial charge in [-0.3, -0.25) is 10.8 Å². The van der Waals surface area contributed by atoms with Gasteiger partial charge >= 0.3 is 18.4 Å². The topological polar surface area (TPSA) is 120 Å². The SMILES string of the molecule is CC(=N)OC(=N)[C@]12C[C@@H](C)C[C@H](C1)N2C(=O)Nc1ccc(C(F)(F)F)c(-n2ncc(C(F)(F)F)n2)c1. The first-order chi connectivity index (χ1) is 16.6. The number of amides is 2. The van der Waals surface area contributed by atoms with E-state index in [9.17, 15) is 31.1 Å². The van der Waals surface area contributed by atoms with E-state index in [2.05, 4.69) is 15.5 Å². The first-order valence-corrected chi connectivity index (χ1v) is 10.8. The van der Waals surface area contributed by atoms with Crippen molar-refractivity contribution in [3.63, 3.8) is 0 Å². The number of ether oxygens (including phenoxy) is 1. The Kier molecular flexibility index (Phi) is 5.99. The Hall–Kier alpha value is -3.65. The minimum Gasteiger partial charge on any atom is -0.428 e. The summed E-state index contributed by atoms with van der Waals surface area (Å²) < 4.78 is 84.6. The molecule has 1 aromatic heterocycles. The molecular formula is C21H21F6N7O2. The molecule has 36 heavy (non-hydrogen) atoms. The van der Waals surface area contributed by atoms with Gasteiger partial charge < -0.3 is 15.0 Å². The van der Waals surface area contributed by atoms with Crippen LogP contribution in [0.3, 0.4) is 0 Å². The number of carbonyl (C=O) groups is 1. The van der Waals surface area contributed by atoms with Crippen molar-refractivity contribution in [3.8, 4) is 5.69 Å². The van der Waals surface area contributed by atoms with Crippen LogP contribution in [0.1, 0.15) is 44.4 Å². The van der Waals surface area contributed by atoms with Crippen LogP contribution in [0.25, 0.3) is 5.69 Å². The zero-order valence-corrected chi connectivity index (χ0v) is 19.0. The van der Waals surface area contributed by atoms with Gasteiger partial charge in [-0.15, -0.1) is 5.10 Å². The summed E-state index contributed by atoms with van der Waals surface area (Å²) in [7, 11) is 0. The van der Waals surface area contributed by atoms with Gasteiger partial charge in [-0.25, -0.2) is 4.79 Å². The van der Waals surface area contributed by atoms with Gasteiger partial charge in [-0.1, -0.05) is 6.92 Å². The number of anilines is 1. The van der Waals surface area contributed by atoms with Gasteiger partial charge in [-0.05, 0) is 37.0 Å². The van der Waals surface area contributed by atoms with Crippen LogP contribution < -0.4 is 5.32 Å². The summed E-state index contributed by atoms with van der Waals surface area (Å²) in [5.74, 6) is -0.343. The highest BCUT2D eigenvalue weighted by molar-refractivity contribution is 6.00. The lowest BCUT2D eigenvalue weighted by molar-refractivity contribution is -0.141. The Morgan fingerprint density at radius 1 is 1.17 bits per heavy atom. The van der Waals surface area contributed by atoms with E-state index in [1.807, 2.05) is 6.92 Å². The average molecular weight is 517 g/mol. The van der Waals surface area contributed by atoms with Crippen molar-refractivity contribution >= 4 is 23.5 Å². The third kappa shape index (κ3) is 4.48. The fourth-order valence-corrected chi connectivity index (χ4v) is 4.92. The lowest BCUT2D eigenvalue weighted by Gasteiger charge is -2.62. The summed E-state index contributed by atoms with van der Waals surface area (Å²) in [6, 6.07) is 1.44. The van der Waals surface area contributed by atoms with E-state index >= 15 is 0 Å². The summed E-state index contributed by atoms with van der Waals surface area (Å²) >= 11 is 0. The number of nitrogens with zero attached hydrogens (tertiary/aromatic N) is 4. The molecule has 9 nitrogen and oxygen atoms in total. The summed E-state index contributed by atoms with van der Waals surface area (Å²) in [5, 5.41) is 24.7. The maximum Gasteiger partial charge on any atom is 0.436 e. The molecule has 2 aromatic rings. The molecule has 1 aromatic carbocycles. The summed E-state index contributed by atoms with van der Waals surface area (Å²) in [4.78, 5) is 14.8. The lowest BCUT2D eigenvalue weighted by atomic mass is 9.64. The molecule has 1 aliphatic heterocycles. The number of piperidine rings is 1. The van der Waals surface area contributed by atoms with Gasteiger partial charge in [-0.2, -0.15) is 36.2 Å². The maximum absolute atomic E-state index is 13.6. The predicted molar refractivity (Wildman–Crippen MR) is 114 cm³/mol. The van der Waals surface area contributed by atoms with E-state index < -0.39 is 40.9 Å². The number of alkyl halides is 6. The average Bonchev–Trinajstić information content (AvgIpc) is 3.22. The Morgan fingerprint density at radius 3 is 2.44 bits per heavy atom. The molecule has 1 aliphatic carbocycles. The number of nitrogens with one attached hydrogen (secondary N) is 3. The summed E-state index contributed by atoms with van der Waals surface area (Å²) in [5.41, 5.74) is -4.83. The number of hydrogen-bond donors (Lipinski definition) is 3. The second-order valence-electron chi connectivity index (χ2n) is 8.97. The van der Waals surface area contributed by atoms with Crippen molar-refractivity contribution in [1.29, 1.82) is 10.8 Å². The molecule has 3 atom stereocenters. The Labute approximate surface area is 200 Å². The van der Waals surface area contributed by atoms with Crippen LogP contribution in [0.15, 0.2) is 24.4 Å². The van der Waals surface area contributed by atoms with Crippen LogP contribution in [0, 0.1) is 16.7 Å². The van der Waals surface area contributed by atoms with E-state index in [-0.39, 0.29) is 34.2 Å². The Balaban J connectivity index is 1.65. The van der Waals surface area contributed by atoms with Crippen molar-refractivity contribution < 1.29 is 35.9 Å². The number of aromatic nitrogens is 3. The third-order valence-electron chi connectivity index (χ3n) is 6.21. The second-order valence-corrected chi connectivity index (χ2v) is 8.97. The molecule has 15 heteroatoms. The molecule has 2 bridgehead atoms. The van der Waals surface area contributed by atoms with Gasteiger partial charge in [0.15, 0.2) is 11.6 Å². The van der Waals surface area contributed by atoms with Crippen LogP contribution in [-0.4, -0.2) is 49.3 Å². The van der Waals surface area contributed by atoms with Gasteiger partial charge in [0.2, 0.25) is 5.90 Å². The van der Waals surface area contributed by atoms with E-state index in [0.717, 1.165) is 12.1 Å². The number of fused-ring (bicyclic) bond motifs is 2. The minimum absolute atomic E-state index is 0.141. The van der Waals surface area contributed by atoms with E-state index in [1.54, 1.807) is 0 Å². The van der Waals surface area contributed by atoms with Crippen LogP contribution in [0.5, 0.6) is 0 Å². The first-order valence-electron chi connectivity index (χ1n) is 10.8. The zero-order chi connectivity index (χ0) is 26.6. The molecule has 4 rings (SSSR count). The van der Waals surface area contributed by atoms with Crippen LogP contribution in [0.2, 0.25) is 0 Å². The van der Waals surface area contributed by atoms with Crippen molar-refractivity contribution in [2.24, 2.45) is 5.92 Å². The van der Waals surface area contributed by atoms with Crippen LogP contribution in [0.4, 0.5) is 36.8 Å². The molecule has 0 spiro atoms. The summed E-state index contributed by atoms with van der Waals surface area (Å²) in [6.45, 7) is 3.30. The molecule has 2 amide bonds. The molecule has 0 unspecified atom stereocenters. The Morgan fingerprint density at radius 2 is 1.86 bits per heavy atom. The minimum atomic E-state index is -4.93. The highest BCUT2D eigenvalue weighted by atomic mass is 19.4. The van der Waals surface area contributed by atoms with E-state index in [1.165, 1.54) is 11.8 Å². The number of carbonyl (C=O) groups excluding carboxylic acids is 1. The quantitative estimate of drug-likeness (QED) is 0.299. The molecule has 0 radical (unpaired) electrons. The first kappa shape index (κ1) is 25.4. The molecule has 1 saturated carbocycles. The van der Waals surface area contributed by atoms with Gasteiger partial charge in [0, 0.05) is 25.1 Å². The fraction of sp³-hybridized carbons (Fsp3) is 0.476. The van der Waals surface area contributed by atoms with Crippen LogP contribution >= 0.6 is 0 Å². The summed E-state index contributed by atoms with van der Waals surface area (Å²) in [6.07, 6.45) is -8.07. The van der Waals surface area contributed by atoms with Gasteiger partial charge in [0.05, 0.1) is 17.4 Å². The maximum atomic E-state index is 13.6. The fourth-order valence-electron chi connectivity index (χ4n) is 4.92. The van der Waals surface area contributed by atoms with Crippen molar-refractivity contribution in [2.45, 2.75) is 57.0 Å². The van der Waals surface area contributed by atoms with Crippen molar-refractivity contribution in [2.75, 3.05) is 5.32 Å². The monoisotopic (exact) mass is 517 g/mol.